The van der Waals surface area contributed by atoms with Crippen LogP contribution in [0.2, 0.25) is 0 Å². The van der Waals surface area contributed by atoms with Crippen LogP contribution < -0.4 is 0 Å². The molecule has 0 bridgehead atoms. The van der Waals surface area contributed by atoms with Crippen LogP contribution in [0.15, 0.2) is 23.4 Å². The summed E-state index contributed by atoms with van der Waals surface area (Å²) in [7, 11) is 1.32. The molecule has 0 radical (unpaired) electrons. The third kappa shape index (κ3) is 4.09. The minimum Gasteiger partial charge on any atom is -0.465 e. The van der Waals surface area contributed by atoms with Gasteiger partial charge in [-0.2, -0.15) is 4.68 Å². The predicted octanol–water partition coefficient (Wildman–Crippen LogP) is 3.37. The Kier molecular flexibility index (Phi) is 5.88. The van der Waals surface area contributed by atoms with Crippen LogP contribution in [0, 0.1) is 27.7 Å². The summed E-state index contributed by atoms with van der Waals surface area (Å²) in [5.74, 6) is -0.602. The molecule has 0 fully saturated rings. The normalized spacial score (nSPS) is 12.1. The number of rotatable bonds is 6. The Hall–Kier alpha value is -2.94. The summed E-state index contributed by atoms with van der Waals surface area (Å²) in [4.78, 5) is 28.1. The Labute approximate surface area is 173 Å². The number of aromatic nitrogens is 5. The Bertz CT molecular complexity index is 1070. The Morgan fingerprint density at radius 1 is 1.14 bits per heavy atom. The number of carbonyl (C=O) groups excluding carboxylic acids is 2. The molecule has 8 nitrogen and oxygen atoms in total. The van der Waals surface area contributed by atoms with E-state index >= 15 is 0 Å². The number of ketones is 1. The van der Waals surface area contributed by atoms with E-state index in [0.29, 0.717) is 27.7 Å². The van der Waals surface area contributed by atoms with Gasteiger partial charge in [-0.1, -0.05) is 17.8 Å². The number of aromatic amines is 1. The number of H-pyrrole nitrogens is 1. The lowest BCUT2D eigenvalue weighted by atomic mass is 10.1. The number of benzene rings is 1. The maximum Gasteiger partial charge on any atom is 0.339 e. The average molecular weight is 414 g/mol. The van der Waals surface area contributed by atoms with Gasteiger partial charge in [0.05, 0.1) is 29.3 Å². The first-order valence-electron chi connectivity index (χ1n) is 9.08. The molecule has 0 saturated heterocycles. The number of thioether (sulfide) groups is 1. The molecule has 2 aromatic heterocycles. The standard InChI is InChI=1S/C20H23N5O3S/c1-10-7-11(2)9-15(8-10)25-20(22-23-24-25)29-14(5)18(26)17-12(3)16(13(4)21-17)19(27)28-6/h7-9,14,21H,1-6H3/t14-/m0/s1. The molecule has 3 rings (SSSR count). The fraction of sp³-hybridized carbons (Fsp3) is 0.350. The summed E-state index contributed by atoms with van der Waals surface area (Å²) in [6.07, 6.45) is 0. The summed E-state index contributed by atoms with van der Waals surface area (Å²) in [6, 6.07) is 6.05. The number of hydrogen-bond donors (Lipinski definition) is 1. The second-order valence-corrected chi connectivity index (χ2v) is 8.27. The summed E-state index contributed by atoms with van der Waals surface area (Å²) < 4.78 is 6.44. The molecule has 152 valence electrons. The van der Waals surface area contributed by atoms with Crippen molar-refractivity contribution in [1.29, 1.82) is 0 Å². The van der Waals surface area contributed by atoms with E-state index in [1.807, 2.05) is 26.0 Å². The van der Waals surface area contributed by atoms with Gasteiger partial charge in [0.15, 0.2) is 5.78 Å². The number of hydrogen-bond acceptors (Lipinski definition) is 7. The van der Waals surface area contributed by atoms with Crippen molar-refractivity contribution < 1.29 is 14.3 Å². The van der Waals surface area contributed by atoms with Gasteiger partial charge >= 0.3 is 5.97 Å². The molecule has 29 heavy (non-hydrogen) atoms. The van der Waals surface area contributed by atoms with Gasteiger partial charge in [0, 0.05) is 5.69 Å². The summed E-state index contributed by atoms with van der Waals surface area (Å²) in [6.45, 7) is 9.29. The monoisotopic (exact) mass is 413 g/mol. The number of nitrogens with one attached hydrogen (secondary N) is 1. The fourth-order valence-electron chi connectivity index (χ4n) is 3.31. The number of aryl methyl sites for hydroxylation is 3. The van der Waals surface area contributed by atoms with E-state index in [0.717, 1.165) is 16.8 Å². The van der Waals surface area contributed by atoms with Crippen LogP contribution in [0.5, 0.6) is 0 Å². The topological polar surface area (TPSA) is 103 Å². The number of methoxy groups -OCH3 is 1. The molecule has 0 aliphatic rings. The van der Waals surface area contributed by atoms with E-state index in [4.69, 9.17) is 4.74 Å². The van der Waals surface area contributed by atoms with Crippen LogP contribution in [0.1, 0.15) is 50.2 Å². The number of tetrazole rings is 1. The van der Waals surface area contributed by atoms with E-state index in [2.05, 4.69) is 26.6 Å². The van der Waals surface area contributed by atoms with Gasteiger partial charge in [0.2, 0.25) is 5.16 Å². The molecule has 1 aromatic carbocycles. The molecular weight excluding hydrogens is 390 g/mol. The molecule has 0 unspecified atom stereocenters. The smallest absolute Gasteiger partial charge is 0.339 e. The van der Waals surface area contributed by atoms with Gasteiger partial charge in [-0.15, -0.1) is 5.10 Å². The van der Waals surface area contributed by atoms with Gasteiger partial charge in [0.25, 0.3) is 0 Å². The molecule has 1 atom stereocenters. The molecule has 0 amide bonds. The first-order chi connectivity index (χ1) is 13.7. The first-order valence-corrected chi connectivity index (χ1v) is 9.96. The fourth-order valence-corrected chi connectivity index (χ4v) is 4.17. The van der Waals surface area contributed by atoms with Crippen LogP contribution in [-0.2, 0) is 4.74 Å². The highest BCUT2D eigenvalue weighted by Gasteiger charge is 2.27. The predicted molar refractivity (Wildman–Crippen MR) is 110 cm³/mol. The van der Waals surface area contributed by atoms with Crippen LogP contribution in [-0.4, -0.2) is 49.3 Å². The quantitative estimate of drug-likeness (QED) is 0.375. The van der Waals surface area contributed by atoms with Crippen molar-refractivity contribution in [3.05, 3.63) is 51.8 Å². The third-order valence-corrected chi connectivity index (χ3v) is 5.65. The Balaban J connectivity index is 1.87. The van der Waals surface area contributed by atoms with Crippen molar-refractivity contribution in [3.8, 4) is 5.69 Å². The summed E-state index contributed by atoms with van der Waals surface area (Å²) >= 11 is 1.27. The molecule has 3 aromatic rings. The number of esters is 1. The zero-order valence-corrected chi connectivity index (χ0v) is 18.0. The van der Waals surface area contributed by atoms with Crippen molar-refractivity contribution in [1.82, 2.24) is 25.2 Å². The van der Waals surface area contributed by atoms with Crippen molar-refractivity contribution in [2.75, 3.05) is 7.11 Å². The van der Waals surface area contributed by atoms with Gasteiger partial charge in [-0.05, 0) is 73.9 Å². The van der Waals surface area contributed by atoms with Gasteiger partial charge in [0.1, 0.15) is 0 Å². The zero-order chi connectivity index (χ0) is 21.3. The zero-order valence-electron chi connectivity index (χ0n) is 17.2. The summed E-state index contributed by atoms with van der Waals surface area (Å²) in [5, 5.41) is 12.0. The maximum atomic E-state index is 13.0. The van der Waals surface area contributed by atoms with E-state index in [9.17, 15) is 9.59 Å². The van der Waals surface area contributed by atoms with Crippen LogP contribution >= 0.6 is 11.8 Å². The second kappa shape index (κ2) is 8.20. The molecule has 0 saturated carbocycles. The maximum absolute atomic E-state index is 13.0. The molecule has 2 heterocycles. The van der Waals surface area contributed by atoms with Crippen molar-refractivity contribution >= 4 is 23.5 Å². The number of nitrogens with zero attached hydrogens (tertiary/aromatic N) is 4. The highest BCUT2D eigenvalue weighted by molar-refractivity contribution is 8.00. The van der Waals surface area contributed by atoms with Gasteiger partial charge in [-0.25, -0.2) is 4.79 Å². The molecule has 0 aliphatic carbocycles. The number of ether oxygens (including phenoxy) is 1. The third-order valence-electron chi connectivity index (χ3n) is 4.62. The summed E-state index contributed by atoms with van der Waals surface area (Å²) in [5.41, 5.74) is 5.03. The SMILES string of the molecule is COC(=O)c1c(C)[nH]c(C(=O)[C@H](C)Sc2nnnn2-c2cc(C)cc(C)c2)c1C. The van der Waals surface area contributed by atoms with E-state index in [1.165, 1.54) is 18.9 Å². The molecule has 1 N–H and O–H groups in total. The van der Waals surface area contributed by atoms with E-state index < -0.39 is 11.2 Å². The average Bonchev–Trinajstić information content (AvgIpc) is 3.23. The van der Waals surface area contributed by atoms with Crippen molar-refractivity contribution in [2.24, 2.45) is 0 Å². The minimum absolute atomic E-state index is 0.138. The lowest BCUT2D eigenvalue weighted by molar-refractivity contribution is 0.0599. The molecular formula is C20H23N5O3S. The highest BCUT2D eigenvalue weighted by atomic mass is 32.2. The lowest BCUT2D eigenvalue weighted by Gasteiger charge is -2.11. The Morgan fingerprint density at radius 3 is 2.41 bits per heavy atom. The van der Waals surface area contributed by atoms with Crippen LogP contribution in [0.3, 0.4) is 0 Å². The second-order valence-electron chi connectivity index (χ2n) is 6.96. The van der Waals surface area contributed by atoms with Crippen molar-refractivity contribution in [3.63, 3.8) is 0 Å². The van der Waals surface area contributed by atoms with Gasteiger partial charge in [-0.3, -0.25) is 4.79 Å². The molecule has 9 heteroatoms. The van der Waals surface area contributed by atoms with Crippen molar-refractivity contribution in [2.45, 2.75) is 45.0 Å². The van der Waals surface area contributed by atoms with E-state index in [-0.39, 0.29) is 5.78 Å². The first kappa shape index (κ1) is 20.8. The molecule has 0 spiro atoms. The number of carbonyl (C=O) groups is 2. The highest BCUT2D eigenvalue weighted by Crippen LogP contribution is 2.28. The number of Topliss-reactive ketones (excluding diaryl/α,β-unsaturated/α-hetero) is 1. The Morgan fingerprint density at radius 2 is 1.79 bits per heavy atom. The lowest BCUT2D eigenvalue weighted by Crippen LogP contribution is -2.16. The largest absolute Gasteiger partial charge is 0.465 e. The van der Waals surface area contributed by atoms with Crippen LogP contribution in [0.4, 0.5) is 0 Å². The van der Waals surface area contributed by atoms with Gasteiger partial charge < -0.3 is 9.72 Å². The minimum atomic E-state index is -0.465. The molecule has 0 aliphatic heterocycles. The van der Waals surface area contributed by atoms with Crippen LogP contribution in [0.25, 0.3) is 5.69 Å². The van der Waals surface area contributed by atoms with E-state index in [1.54, 1.807) is 25.5 Å².